The van der Waals surface area contributed by atoms with Gasteiger partial charge < -0.3 is 10.6 Å². The Morgan fingerprint density at radius 3 is 2.74 bits per heavy atom. The molecule has 0 aliphatic carbocycles. The van der Waals surface area contributed by atoms with E-state index in [1.54, 1.807) is 18.5 Å². The Morgan fingerprint density at radius 1 is 1.21 bits per heavy atom. The quantitative estimate of drug-likeness (QED) is 0.343. The van der Waals surface area contributed by atoms with E-state index in [1.807, 2.05) is 37.3 Å². The lowest BCUT2D eigenvalue weighted by Crippen LogP contribution is -2.42. The van der Waals surface area contributed by atoms with Crippen LogP contribution in [-0.2, 0) is 11.3 Å². The minimum absolute atomic E-state index is 0.0166. The second-order valence-electron chi connectivity index (χ2n) is 7.51. The molecule has 0 fully saturated rings. The topological polar surface area (TPSA) is 144 Å². The monoisotopic (exact) mass is 480 g/mol. The van der Waals surface area contributed by atoms with E-state index in [9.17, 15) is 14.4 Å². The molecule has 4 aromatic rings. The summed E-state index contributed by atoms with van der Waals surface area (Å²) in [6, 6.07) is 11.0. The molecule has 1 amide bonds. The molecule has 0 saturated carbocycles. The van der Waals surface area contributed by atoms with Crippen LogP contribution in [0.15, 0.2) is 63.5 Å². The third kappa shape index (κ3) is 5.01. The normalized spacial score (nSPS) is 11.1. The predicted molar refractivity (Wildman–Crippen MR) is 130 cm³/mol. The van der Waals surface area contributed by atoms with Crippen molar-refractivity contribution in [2.75, 3.05) is 22.9 Å². The zero-order valence-electron chi connectivity index (χ0n) is 18.5. The van der Waals surface area contributed by atoms with E-state index >= 15 is 0 Å². The number of hydrogen-bond donors (Lipinski definition) is 2. The smallest absolute Gasteiger partial charge is 0.330 e. The number of nitrogens with one attached hydrogen (secondary N) is 1. The van der Waals surface area contributed by atoms with Crippen LogP contribution in [0.3, 0.4) is 0 Å². The molecular formula is C22H24N8O3S. The van der Waals surface area contributed by atoms with Gasteiger partial charge in [0, 0.05) is 18.9 Å². The first-order valence-corrected chi connectivity index (χ1v) is 11.7. The van der Waals surface area contributed by atoms with Gasteiger partial charge >= 0.3 is 5.69 Å². The number of carbonyl (C=O) groups excluding carboxylic acids is 1. The fraction of sp³-hybridized carbons (Fsp3) is 0.273. The van der Waals surface area contributed by atoms with Crippen LogP contribution in [0.5, 0.6) is 0 Å². The number of H-pyrrole nitrogens is 1. The summed E-state index contributed by atoms with van der Waals surface area (Å²) >= 11 is 1.14. The van der Waals surface area contributed by atoms with Crippen molar-refractivity contribution in [3.05, 3.63) is 75.2 Å². The second-order valence-corrected chi connectivity index (χ2v) is 8.45. The summed E-state index contributed by atoms with van der Waals surface area (Å²) in [6.07, 6.45) is 4.78. The SMILES string of the molecule is CCCCN(C(=O)CSc1nc2ncccn2n1)c1c(N)n(Cc2ccccc2)c(=O)[nH]c1=O. The molecule has 0 radical (unpaired) electrons. The lowest BCUT2D eigenvalue weighted by atomic mass is 10.2. The Labute approximate surface area is 198 Å². The number of nitrogens with zero attached hydrogens (tertiary/aromatic N) is 6. The van der Waals surface area contributed by atoms with Gasteiger partial charge in [-0.15, -0.1) is 5.10 Å². The highest BCUT2D eigenvalue weighted by atomic mass is 32.2. The van der Waals surface area contributed by atoms with Crippen LogP contribution in [0.4, 0.5) is 11.5 Å². The van der Waals surface area contributed by atoms with Gasteiger partial charge in [-0.05, 0) is 18.1 Å². The summed E-state index contributed by atoms with van der Waals surface area (Å²) < 4.78 is 2.78. The van der Waals surface area contributed by atoms with Crippen LogP contribution in [0, 0.1) is 0 Å². The van der Waals surface area contributed by atoms with Crippen LogP contribution in [-0.4, -0.2) is 47.3 Å². The molecule has 4 rings (SSSR count). The van der Waals surface area contributed by atoms with Crippen LogP contribution in [0.1, 0.15) is 25.3 Å². The number of amides is 1. The molecule has 34 heavy (non-hydrogen) atoms. The minimum atomic E-state index is -0.698. The van der Waals surface area contributed by atoms with Crippen LogP contribution < -0.4 is 21.9 Å². The van der Waals surface area contributed by atoms with E-state index in [0.717, 1.165) is 23.7 Å². The molecule has 0 atom stereocenters. The molecule has 12 heteroatoms. The highest BCUT2D eigenvalue weighted by molar-refractivity contribution is 7.99. The van der Waals surface area contributed by atoms with Gasteiger partial charge in [0.25, 0.3) is 11.3 Å². The van der Waals surface area contributed by atoms with Crippen molar-refractivity contribution >= 4 is 35.0 Å². The molecule has 0 aliphatic heterocycles. The first kappa shape index (κ1) is 23.2. The molecule has 0 aliphatic rings. The number of rotatable bonds is 9. The zero-order valence-corrected chi connectivity index (χ0v) is 19.4. The van der Waals surface area contributed by atoms with E-state index in [1.165, 1.54) is 14.0 Å². The molecule has 3 N–H and O–H groups in total. The van der Waals surface area contributed by atoms with E-state index in [2.05, 4.69) is 20.1 Å². The standard InChI is InChI=1S/C22H24N8O3S/c1-2-3-11-28(16(31)14-34-21-26-20-24-10-7-12-30(20)27-21)17-18(23)29(22(33)25-19(17)32)13-15-8-5-4-6-9-15/h4-10,12H,2-3,11,13-14,23H2,1H3,(H,25,32,33). The summed E-state index contributed by atoms with van der Waals surface area (Å²) in [4.78, 5) is 50.6. The maximum atomic E-state index is 13.2. The number of fused-ring (bicyclic) bond motifs is 1. The number of anilines is 2. The van der Waals surface area contributed by atoms with Crippen molar-refractivity contribution in [2.45, 2.75) is 31.5 Å². The van der Waals surface area contributed by atoms with Gasteiger partial charge in [0.05, 0.1) is 12.3 Å². The number of aromatic nitrogens is 6. The molecular weight excluding hydrogens is 456 g/mol. The molecule has 3 aromatic heterocycles. The fourth-order valence-electron chi connectivity index (χ4n) is 3.42. The fourth-order valence-corrected chi connectivity index (χ4v) is 4.12. The number of nitrogens with two attached hydrogens (primary N) is 1. The molecule has 176 valence electrons. The van der Waals surface area contributed by atoms with Crippen molar-refractivity contribution in [1.29, 1.82) is 0 Å². The maximum absolute atomic E-state index is 13.2. The lowest BCUT2D eigenvalue weighted by Gasteiger charge is -2.24. The third-order valence-electron chi connectivity index (χ3n) is 5.13. The van der Waals surface area contributed by atoms with Gasteiger partial charge in [-0.25, -0.2) is 14.3 Å². The molecule has 0 saturated heterocycles. The summed E-state index contributed by atoms with van der Waals surface area (Å²) in [5, 5.41) is 4.67. The predicted octanol–water partition coefficient (Wildman–Crippen LogP) is 1.53. The summed E-state index contributed by atoms with van der Waals surface area (Å²) in [6.45, 7) is 2.43. The van der Waals surface area contributed by atoms with Crippen molar-refractivity contribution in [3.8, 4) is 0 Å². The summed E-state index contributed by atoms with van der Waals surface area (Å²) in [5.74, 6) is 0.0144. The van der Waals surface area contributed by atoms with Crippen molar-refractivity contribution in [2.24, 2.45) is 0 Å². The largest absolute Gasteiger partial charge is 0.383 e. The van der Waals surface area contributed by atoms with E-state index in [-0.39, 0.29) is 36.3 Å². The first-order chi connectivity index (χ1) is 16.5. The van der Waals surface area contributed by atoms with Crippen molar-refractivity contribution in [3.63, 3.8) is 0 Å². The molecule has 3 heterocycles. The number of thioether (sulfide) groups is 1. The van der Waals surface area contributed by atoms with E-state index in [4.69, 9.17) is 5.73 Å². The molecule has 0 spiro atoms. The van der Waals surface area contributed by atoms with Gasteiger partial charge in [-0.3, -0.25) is 19.1 Å². The Morgan fingerprint density at radius 2 is 2.00 bits per heavy atom. The Kier molecular flexibility index (Phi) is 7.07. The van der Waals surface area contributed by atoms with Crippen LogP contribution in [0.2, 0.25) is 0 Å². The summed E-state index contributed by atoms with van der Waals surface area (Å²) in [7, 11) is 0. The van der Waals surface area contributed by atoms with Gasteiger partial charge in [0.1, 0.15) is 5.82 Å². The average Bonchev–Trinajstić information content (AvgIpc) is 3.26. The van der Waals surface area contributed by atoms with E-state index in [0.29, 0.717) is 17.4 Å². The van der Waals surface area contributed by atoms with Gasteiger partial charge in [-0.2, -0.15) is 4.98 Å². The highest BCUT2D eigenvalue weighted by Gasteiger charge is 2.24. The number of aromatic amines is 1. The number of benzene rings is 1. The first-order valence-electron chi connectivity index (χ1n) is 10.7. The lowest BCUT2D eigenvalue weighted by molar-refractivity contribution is -0.116. The number of hydrogen-bond acceptors (Lipinski definition) is 8. The molecule has 0 bridgehead atoms. The highest BCUT2D eigenvalue weighted by Crippen LogP contribution is 2.21. The maximum Gasteiger partial charge on any atom is 0.330 e. The third-order valence-corrected chi connectivity index (χ3v) is 5.95. The zero-order chi connectivity index (χ0) is 24.1. The molecule has 1 aromatic carbocycles. The van der Waals surface area contributed by atoms with Crippen LogP contribution >= 0.6 is 11.8 Å². The minimum Gasteiger partial charge on any atom is -0.383 e. The van der Waals surface area contributed by atoms with E-state index < -0.39 is 11.2 Å². The Bertz CT molecular complexity index is 1380. The van der Waals surface area contributed by atoms with Crippen molar-refractivity contribution < 1.29 is 4.79 Å². The van der Waals surface area contributed by atoms with Gasteiger partial charge in [0.2, 0.25) is 11.1 Å². The summed E-state index contributed by atoms with van der Waals surface area (Å²) in [5.41, 5.74) is 5.79. The second kappa shape index (κ2) is 10.3. The Hall–Kier alpha value is -3.93. The van der Waals surface area contributed by atoms with Gasteiger partial charge in [-0.1, -0.05) is 55.4 Å². The number of carbonyl (C=O) groups is 1. The average molecular weight is 481 g/mol. The number of nitrogen functional groups attached to an aromatic ring is 1. The Balaban J connectivity index is 1.63. The van der Waals surface area contributed by atoms with Gasteiger partial charge in [0.15, 0.2) is 5.69 Å². The number of unbranched alkanes of at least 4 members (excludes halogenated alkanes) is 1. The van der Waals surface area contributed by atoms with Crippen LogP contribution in [0.25, 0.3) is 5.78 Å². The molecule has 11 nitrogen and oxygen atoms in total. The van der Waals surface area contributed by atoms with Crippen molar-refractivity contribution in [1.82, 2.24) is 29.1 Å². The molecule has 0 unspecified atom stereocenters.